The van der Waals surface area contributed by atoms with Gasteiger partial charge in [-0.3, -0.25) is 5.32 Å². The van der Waals surface area contributed by atoms with E-state index < -0.39 is 24.8 Å². The van der Waals surface area contributed by atoms with Gasteiger partial charge in [-0.2, -0.15) is 13.2 Å². The van der Waals surface area contributed by atoms with E-state index in [9.17, 15) is 22.8 Å². The lowest BCUT2D eigenvalue weighted by Gasteiger charge is -2.14. The monoisotopic (exact) mass is 319 g/mol. The average molecular weight is 319 g/mol. The van der Waals surface area contributed by atoms with Crippen LogP contribution in [0, 0.1) is 0 Å². The Morgan fingerprint density at radius 2 is 2.05 bits per heavy atom. The fourth-order valence-electron chi connectivity index (χ4n) is 1.33. The van der Waals surface area contributed by atoms with E-state index in [0.29, 0.717) is 0 Å². The largest absolute Gasteiger partial charge is 0.482 e. The van der Waals surface area contributed by atoms with Crippen molar-refractivity contribution in [1.82, 2.24) is 0 Å². The van der Waals surface area contributed by atoms with E-state index in [0.717, 1.165) is 18.2 Å². The molecule has 120 valence electrons. The van der Waals surface area contributed by atoms with E-state index in [1.54, 1.807) is 0 Å². The first-order valence-electron chi connectivity index (χ1n) is 5.84. The van der Waals surface area contributed by atoms with Crippen LogP contribution in [0.5, 0.6) is 5.75 Å². The third kappa shape index (κ3) is 5.73. The van der Waals surface area contributed by atoms with Gasteiger partial charge in [0.1, 0.15) is 12.4 Å². The molecule has 0 radical (unpaired) electrons. The molecule has 0 bridgehead atoms. The molecule has 6 nitrogen and oxygen atoms in total. The molecule has 0 aliphatic heterocycles. The van der Waals surface area contributed by atoms with Crippen LogP contribution in [0.2, 0.25) is 0 Å². The average Bonchev–Trinajstić information content (AvgIpc) is 2.42. The number of hydrogen-bond acceptors (Lipinski definition) is 4. The van der Waals surface area contributed by atoms with E-state index in [1.165, 1.54) is 6.08 Å². The number of carbonyl (C=O) groups is 2. The maximum atomic E-state index is 12.2. The molecule has 0 unspecified atom stereocenters. The lowest BCUT2D eigenvalue weighted by atomic mass is 10.2. The molecule has 0 spiro atoms. The van der Waals surface area contributed by atoms with Crippen LogP contribution in [0.15, 0.2) is 30.9 Å². The predicted octanol–water partition coefficient (Wildman–Crippen LogP) is 3.06. The number of anilines is 1. The number of alkyl halides is 3. The highest BCUT2D eigenvalue weighted by molar-refractivity contribution is 5.93. The third-order valence-electron chi connectivity index (χ3n) is 2.19. The molecular formula is C13H12F3NO5. The van der Waals surface area contributed by atoms with Gasteiger partial charge >= 0.3 is 18.2 Å². The SMILES string of the molecule is C=CCOC(=O)Nc1cc(C(=O)O)ccc1OCC(F)(F)F. The maximum absolute atomic E-state index is 12.2. The molecule has 0 fully saturated rings. The number of ether oxygens (including phenoxy) is 2. The second-order valence-corrected chi connectivity index (χ2v) is 3.93. The first kappa shape index (κ1) is 17.3. The van der Waals surface area contributed by atoms with E-state index in [2.05, 4.69) is 21.4 Å². The number of carboxylic acid groups (broad SMARTS) is 1. The minimum atomic E-state index is -4.58. The van der Waals surface area contributed by atoms with Crippen molar-refractivity contribution >= 4 is 17.7 Å². The first-order valence-corrected chi connectivity index (χ1v) is 5.84. The number of nitrogens with one attached hydrogen (secondary N) is 1. The van der Waals surface area contributed by atoms with E-state index >= 15 is 0 Å². The quantitative estimate of drug-likeness (QED) is 0.787. The predicted molar refractivity (Wildman–Crippen MR) is 70.1 cm³/mol. The zero-order chi connectivity index (χ0) is 16.8. The number of amides is 1. The Kier molecular flexibility index (Phi) is 5.79. The second-order valence-electron chi connectivity index (χ2n) is 3.93. The molecule has 2 N–H and O–H groups in total. The Morgan fingerprint density at radius 1 is 1.36 bits per heavy atom. The van der Waals surface area contributed by atoms with E-state index in [4.69, 9.17) is 5.11 Å². The van der Waals surface area contributed by atoms with Crippen LogP contribution >= 0.6 is 0 Å². The molecule has 1 amide bonds. The van der Waals surface area contributed by atoms with E-state index in [-0.39, 0.29) is 23.6 Å². The Labute approximate surface area is 123 Å². The number of benzene rings is 1. The molecule has 0 saturated heterocycles. The van der Waals surface area contributed by atoms with Gasteiger partial charge in [0.05, 0.1) is 11.3 Å². The summed E-state index contributed by atoms with van der Waals surface area (Å²) in [7, 11) is 0. The van der Waals surface area contributed by atoms with Crippen LogP contribution in [0.1, 0.15) is 10.4 Å². The summed E-state index contributed by atoms with van der Waals surface area (Å²) in [4.78, 5) is 22.3. The third-order valence-corrected chi connectivity index (χ3v) is 2.19. The molecule has 0 aliphatic carbocycles. The van der Waals surface area contributed by atoms with Crippen LogP contribution in [0.4, 0.5) is 23.7 Å². The van der Waals surface area contributed by atoms with Crippen molar-refractivity contribution in [1.29, 1.82) is 0 Å². The van der Waals surface area contributed by atoms with Crippen molar-refractivity contribution in [2.75, 3.05) is 18.5 Å². The second kappa shape index (κ2) is 7.34. The van der Waals surface area contributed by atoms with Gasteiger partial charge in [-0.25, -0.2) is 9.59 Å². The van der Waals surface area contributed by atoms with Crippen LogP contribution < -0.4 is 10.1 Å². The molecule has 9 heteroatoms. The molecule has 0 heterocycles. The van der Waals surface area contributed by atoms with Gasteiger partial charge in [0, 0.05) is 0 Å². The van der Waals surface area contributed by atoms with Crippen LogP contribution in [0.25, 0.3) is 0 Å². The Hall–Kier alpha value is -2.71. The summed E-state index contributed by atoms with van der Waals surface area (Å²) in [6.45, 7) is 1.61. The maximum Gasteiger partial charge on any atom is 0.422 e. The van der Waals surface area contributed by atoms with Crippen molar-refractivity contribution in [2.24, 2.45) is 0 Å². The number of carbonyl (C=O) groups excluding carboxylic acids is 1. The summed E-state index contributed by atoms with van der Waals surface area (Å²) in [5, 5.41) is 11.0. The highest BCUT2D eigenvalue weighted by atomic mass is 19.4. The molecule has 0 aromatic heterocycles. The number of aromatic carboxylic acids is 1. The first-order chi connectivity index (χ1) is 10.2. The minimum Gasteiger partial charge on any atom is -0.482 e. The topological polar surface area (TPSA) is 84.9 Å². The standard InChI is InChI=1S/C13H12F3NO5/c1-2-5-21-12(20)17-9-6-8(11(18)19)3-4-10(9)22-7-13(14,15)16/h2-4,6H,1,5,7H2,(H,17,20)(H,18,19). The molecule has 0 aliphatic rings. The molecule has 22 heavy (non-hydrogen) atoms. The van der Waals surface area contributed by atoms with Crippen molar-refractivity contribution in [3.63, 3.8) is 0 Å². The number of rotatable bonds is 6. The summed E-state index contributed by atoms with van der Waals surface area (Å²) >= 11 is 0. The number of carboxylic acids is 1. The molecular weight excluding hydrogens is 307 g/mol. The highest BCUT2D eigenvalue weighted by Gasteiger charge is 2.29. The molecule has 1 rings (SSSR count). The van der Waals surface area contributed by atoms with Crippen LogP contribution in [-0.4, -0.2) is 36.6 Å². The highest BCUT2D eigenvalue weighted by Crippen LogP contribution is 2.28. The lowest BCUT2D eigenvalue weighted by molar-refractivity contribution is -0.153. The van der Waals surface area contributed by atoms with Gasteiger partial charge in [-0.1, -0.05) is 12.7 Å². The Bertz CT molecular complexity index is 571. The summed E-state index contributed by atoms with van der Waals surface area (Å²) in [5.74, 6) is -1.65. The van der Waals surface area contributed by atoms with Crippen LogP contribution in [-0.2, 0) is 4.74 Å². The molecule has 1 aromatic carbocycles. The smallest absolute Gasteiger partial charge is 0.422 e. The number of hydrogen-bond donors (Lipinski definition) is 2. The van der Waals surface area contributed by atoms with Gasteiger partial charge < -0.3 is 14.6 Å². The van der Waals surface area contributed by atoms with Gasteiger partial charge in [-0.05, 0) is 18.2 Å². The Morgan fingerprint density at radius 3 is 2.59 bits per heavy atom. The molecule has 0 saturated carbocycles. The summed E-state index contributed by atoms with van der Waals surface area (Å²) in [6, 6.07) is 3.02. The Balaban J connectivity index is 2.96. The van der Waals surface area contributed by atoms with Crippen LogP contribution in [0.3, 0.4) is 0 Å². The summed E-state index contributed by atoms with van der Waals surface area (Å²) in [6.07, 6.45) is -4.28. The van der Waals surface area contributed by atoms with Crippen molar-refractivity contribution in [2.45, 2.75) is 6.18 Å². The van der Waals surface area contributed by atoms with Gasteiger partial charge in [0.2, 0.25) is 0 Å². The van der Waals surface area contributed by atoms with Crippen molar-refractivity contribution < 1.29 is 37.3 Å². The lowest BCUT2D eigenvalue weighted by Crippen LogP contribution is -2.21. The molecule has 0 atom stereocenters. The minimum absolute atomic E-state index is 0.122. The summed E-state index contributed by atoms with van der Waals surface area (Å²) < 4.78 is 45.6. The summed E-state index contributed by atoms with van der Waals surface area (Å²) in [5.41, 5.74) is -0.489. The van der Waals surface area contributed by atoms with Gasteiger partial charge in [0.25, 0.3) is 0 Å². The van der Waals surface area contributed by atoms with Crippen molar-refractivity contribution in [3.05, 3.63) is 36.4 Å². The fourth-order valence-corrected chi connectivity index (χ4v) is 1.33. The molecule has 1 aromatic rings. The van der Waals surface area contributed by atoms with Gasteiger partial charge in [0.15, 0.2) is 6.61 Å². The van der Waals surface area contributed by atoms with Gasteiger partial charge in [-0.15, -0.1) is 0 Å². The van der Waals surface area contributed by atoms with E-state index in [1.807, 2.05) is 0 Å². The fraction of sp³-hybridized carbons (Fsp3) is 0.231. The zero-order valence-corrected chi connectivity index (χ0v) is 11.1. The number of halogens is 3. The normalized spacial score (nSPS) is 10.7. The zero-order valence-electron chi connectivity index (χ0n) is 11.1. The van der Waals surface area contributed by atoms with Crippen molar-refractivity contribution in [3.8, 4) is 5.75 Å².